The second-order valence-electron chi connectivity index (χ2n) is 7.33. The van der Waals surface area contributed by atoms with Crippen LogP contribution in [0.1, 0.15) is 27.0 Å². The minimum absolute atomic E-state index is 0.135. The fourth-order valence-corrected chi connectivity index (χ4v) is 5.32. The highest BCUT2D eigenvalue weighted by molar-refractivity contribution is 7.97. The Hall–Kier alpha value is -3.09. The molecular weight excluding hydrogens is 432 g/mol. The van der Waals surface area contributed by atoms with E-state index in [0.29, 0.717) is 22.8 Å². The van der Waals surface area contributed by atoms with E-state index >= 15 is 0 Å². The lowest BCUT2D eigenvalue weighted by atomic mass is 10.1. The van der Waals surface area contributed by atoms with Crippen molar-refractivity contribution in [3.8, 4) is 0 Å². The van der Waals surface area contributed by atoms with Crippen molar-refractivity contribution in [2.75, 3.05) is 4.31 Å². The number of Topliss-reactive ketones (excluding diaryl/α,β-unsaturated/α-hetero) is 1. The number of halogens is 1. The summed E-state index contributed by atoms with van der Waals surface area (Å²) in [7, 11) is -4.05. The fraction of sp³-hybridized carbons (Fsp3) is 0.125. The predicted molar refractivity (Wildman–Crippen MR) is 123 cm³/mol. The van der Waals surface area contributed by atoms with Gasteiger partial charge in [-0.25, -0.2) is 8.42 Å². The highest BCUT2D eigenvalue weighted by atomic mass is 35.5. The molecule has 5 nitrogen and oxygen atoms in total. The molecule has 7 heteroatoms. The van der Waals surface area contributed by atoms with E-state index in [0.717, 1.165) is 16.7 Å². The summed E-state index contributed by atoms with van der Waals surface area (Å²) in [5.41, 5.74) is 3.43. The van der Waals surface area contributed by atoms with E-state index < -0.39 is 15.8 Å². The number of carbonyl (C=O) groups is 1. The van der Waals surface area contributed by atoms with Gasteiger partial charge in [0.05, 0.1) is 12.2 Å². The van der Waals surface area contributed by atoms with Gasteiger partial charge in [0.2, 0.25) is 5.78 Å². The summed E-state index contributed by atoms with van der Waals surface area (Å²) in [4.78, 5) is 12.8. The number of allylic oxidation sites excluding steroid dienone is 1. The third-order valence-corrected chi connectivity index (χ3v) is 7.24. The van der Waals surface area contributed by atoms with Crippen molar-refractivity contribution in [3.05, 3.63) is 111 Å². The number of aryl methyl sites for hydroxylation is 1. The molecule has 158 valence electrons. The van der Waals surface area contributed by atoms with E-state index in [2.05, 4.69) is 5.32 Å². The Bertz CT molecular complexity index is 1290. The van der Waals surface area contributed by atoms with Gasteiger partial charge in [0.1, 0.15) is 0 Å². The van der Waals surface area contributed by atoms with Crippen LogP contribution < -0.4 is 9.62 Å². The van der Waals surface area contributed by atoms with Gasteiger partial charge in [-0.2, -0.15) is 0 Å². The van der Waals surface area contributed by atoms with Crippen molar-refractivity contribution < 1.29 is 13.2 Å². The zero-order valence-corrected chi connectivity index (χ0v) is 18.5. The predicted octanol–water partition coefficient (Wildman–Crippen LogP) is 4.81. The van der Waals surface area contributed by atoms with Crippen molar-refractivity contribution in [2.45, 2.75) is 20.0 Å². The van der Waals surface area contributed by atoms with E-state index in [1.807, 2.05) is 49.4 Å². The first-order chi connectivity index (χ1) is 14.9. The topological polar surface area (TPSA) is 66.5 Å². The number of carbonyl (C=O) groups excluding carboxylic acids is 1. The molecule has 0 unspecified atom stereocenters. The second kappa shape index (κ2) is 8.57. The number of nitrogens with zero attached hydrogens (tertiary/aromatic N) is 1. The molecule has 1 N–H and O–H groups in total. The monoisotopic (exact) mass is 452 g/mol. The molecule has 1 aliphatic rings. The number of fused-ring (bicyclic) bond motifs is 1. The first-order valence-corrected chi connectivity index (χ1v) is 11.6. The Morgan fingerprint density at radius 3 is 2.52 bits per heavy atom. The maximum Gasteiger partial charge on any atom is 0.270 e. The van der Waals surface area contributed by atoms with Crippen molar-refractivity contribution in [2.24, 2.45) is 0 Å². The van der Waals surface area contributed by atoms with Crippen LogP contribution in [0.25, 0.3) is 0 Å². The van der Waals surface area contributed by atoms with Gasteiger partial charge in [0, 0.05) is 23.3 Å². The maximum atomic E-state index is 13.5. The van der Waals surface area contributed by atoms with E-state index in [1.165, 1.54) is 10.5 Å². The summed E-state index contributed by atoms with van der Waals surface area (Å²) in [6.07, 6.45) is 1.28. The number of ketones is 1. The van der Waals surface area contributed by atoms with Gasteiger partial charge in [-0.1, -0.05) is 71.8 Å². The molecular formula is C24H21ClN2O3S. The highest BCUT2D eigenvalue weighted by Crippen LogP contribution is 2.36. The van der Waals surface area contributed by atoms with Crippen LogP contribution in [0.5, 0.6) is 0 Å². The van der Waals surface area contributed by atoms with Crippen LogP contribution >= 0.6 is 11.6 Å². The number of hydrogen-bond donors (Lipinski definition) is 1. The number of hydrogen-bond acceptors (Lipinski definition) is 4. The van der Waals surface area contributed by atoms with E-state index in [4.69, 9.17) is 11.6 Å². The lowest BCUT2D eigenvalue weighted by Crippen LogP contribution is -2.39. The van der Waals surface area contributed by atoms with Crippen molar-refractivity contribution in [1.82, 2.24) is 5.32 Å². The van der Waals surface area contributed by atoms with Gasteiger partial charge in [0.15, 0.2) is 4.91 Å². The molecule has 0 bridgehead atoms. The molecule has 0 saturated carbocycles. The van der Waals surface area contributed by atoms with Gasteiger partial charge in [-0.3, -0.25) is 9.10 Å². The largest absolute Gasteiger partial charge is 0.386 e. The van der Waals surface area contributed by atoms with Gasteiger partial charge >= 0.3 is 0 Å². The van der Waals surface area contributed by atoms with Crippen LogP contribution in [0.3, 0.4) is 0 Å². The normalized spacial score (nSPS) is 16.3. The number of nitrogens with one attached hydrogen (secondary N) is 1. The number of rotatable bonds is 5. The first-order valence-electron chi connectivity index (χ1n) is 9.77. The highest BCUT2D eigenvalue weighted by Gasteiger charge is 2.39. The Balaban J connectivity index is 1.71. The Morgan fingerprint density at radius 2 is 1.74 bits per heavy atom. The molecule has 0 aromatic heterocycles. The van der Waals surface area contributed by atoms with Gasteiger partial charge < -0.3 is 5.32 Å². The number of anilines is 1. The molecule has 0 radical (unpaired) electrons. The average Bonchev–Trinajstić information content (AvgIpc) is 2.75. The smallest absolute Gasteiger partial charge is 0.270 e. The van der Waals surface area contributed by atoms with E-state index in [-0.39, 0.29) is 11.4 Å². The van der Waals surface area contributed by atoms with Gasteiger partial charge in [-0.15, -0.1) is 0 Å². The lowest BCUT2D eigenvalue weighted by molar-refractivity contribution is 0.104. The number of para-hydroxylation sites is 1. The maximum absolute atomic E-state index is 13.5. The zero-order valence-electron chi connectivity index (χ0n) is 16.9. The molecule has 0 fully saturated rings. The lowest BCUT2D eigenvalue weighted by Gasteiger charge is -2.31. The summed E-state index contributed by atoms with van der Waals surface area (Å²) in [6.45, 7) is 2.39. The SMILES string of the molecule is Cc1cccc(CN2c3ccccc3C(=O)/C(=C\NCc3ccccc3Cl)S2(=O)=O)c1. The van der Waals surface area contributed by atoms with Gasteiger partial charge in [0.25, 0.3) is 10.0 Å². The summed E-state index contributed by atoms with van der Waals surface area (Å²) < 4.78 is 28.2. The summed E-state index contributed by atoms with van der Waals surface area (Å²) >= 11 is 6.17. The third kappa shape index (κ3) is 4.22. The van der Waals surface area contributed by atoms with E-state index in [1.54, 1.807) is 30.3 Å². The standard InChI is InChI=1S/C24H21ClN2O3S/c1-17-7-6-8-18(13-17)16-27-22-12-5-3-10-20(22)24(28)23(31(27,29)30)15-26-14-19-9-2-4-11-21(19)25/h2-13,15,26H,14,16H2,1H3/b23-15+. The minimum atomic E-state index is -4.05. The van der Waals surface area contributed by atoms with Gasteiger partial charge in [-0.05, 0) is 36.2 Å². The van der Waals surface area contributed by atoms with Crippen LogP contribution in [0.4, 0.5) is 5.69 Å². The molecule has 4 rings (SSSR count). The van der Waals surface area contributed by atoms with Crippen LogP contribution in [0.2, 0.25) is 5.02 Å². The number of benzene rings is 3. The Labute approximate surface area is 187 Å². The van der Waals surface area contributed by atoms with Crippen molar-refractivity contribution in [3.63, 3.8) is 0 Å². The number of sulfonamides is 1. The minimum Gasteiger partial charge on any atom is -0.386 e. The Kier molecular flexibility index (Phi) is 5.85. The van der Waals surface area contributed by atoms with E-state index in [9.17, 15) is 13.2 Å². The second-order valence-corrected chi connectivity index (χ2v) is 9.57. The van der Waals surface area contributed by atoms with Crippen LogP contribution in [-0.2, 0) is 23.1 Å². The molecule has 0 saturated heterocycles. The molecule has 0 aliphatic carbocycles. The quantitative estimate of drug-likeness (QED) is 0.564. The van der Waals surface area contributed by atoms with Crippen molar-refractivity contribution in [1.29, 1.82) is 0 Å². The molecule has 3 aromatic carbocycles. The van der Waals surface area contributed by atoms with Crippen LogP contribution in [0.15, 0.2) is 83.9 Å². The van der Waals surface area contributed by atoms with Crippen LogP contribution in [0, 0.1) is 6.92 Å². The summed E-state index contributed by atoms with van der Waals surface area (Å²) in [6, 6.07) is 21.7. The first kappa shape index (κ1) is 21.2. The fourth-order valence-electron chi connectivity index (χ4n) is 3.56. The molecule has 0 atom stereocenters. The molecule has 3 aromatic rings. The summed E-state index contributed by atoms with van der Waals surface area (Å²) in [5, 5.41) is 3.52. The van der Waals surface area contributed by atoms with Crippen LogP contribution in [-0.4, -0.2) is 14.2 Å². The molecule has 1 heterocycles. The van der Waals surface area contributed by atoms with Crippen molar-refractivity contribution >= 4 is 33.1 Å². The summed E-state index contributed by atoms with van der Waals surface area (Å²) in [5.74, 6) is -0.525. The zero-order chi connectivity index (χ0) is 22.0. The molecule has 0 amide bonds. The average molecular weight is 453 g/mol. The molecule has 1 aliphatic heterocycles. The third-order valence-electron chi connectivity index (χ3n) is 5.10. The molecule has 0 spiro atoms. The Morgan fingerprint density at radius 1 is 1.00 bits per heavy atom. The molecule has 31 heavy (non-hydrogen) atoms.